The number of hydrogen-bond donors (Lipinski definition) is 2. The van der Waals surface area contributed by atoms with E-state index in [9.17, 15) is 18.7 Å². The normalized spacial score (nSPS) is 16.2. The van der Waals surface area contributed by atoms with E-state index in [2.05, 4.69) is 23.0 Å². The maximum atomic E-state index is 11.1. The largest absolute Gasteiger partial charge is 0.474 e. The first-order chi connectivity index (χ1) is 11.8. The van der Waals surface area contributed by atoms with Crippen molar-refractivity contribution in [3.05, 3.63) is 0 Å². The molecule has 0 heterocycles. The first-order valence-electron chi connectivity index (χ1n) is 7.64. The summed E-state index contributed by atoms with van der Waals surface area (Å²) in [5, 5.41) is 0. The minimum Gasteiger partial charge on any atom is -0.438 e. The number of rotatable bonds is 7. The summed E-state index contributed by atoms with van der Waals surface area (Å²) in [6.45, 7) is 9.95. The summed E-state index contributed by atoms with van der Waals surface area (Å²) in [7, 11) is -6.59. The van der Waals surface area contributed by atoms with Crippen molar-refractivity contribution in [2.75, 3.05) is 27.4 Å². The van der Waals surface area contributed by atoms with E-state index in [1.54, 1.807) is 41.5 Å². The summed E-state index contributed by atoms with van der Waals surface area (Å²) >= 11 is 0. The minimum atomic E-state index is -4.06. The molecule has 0 rings (SSSR count). The molecule has 0 aliphatic heterocycles. The van der Waals surface area contributed by atoms with Crippen LogP contribution in [0.2, 0.25) is 0 Å². The zero-order valence-electron chi connectivity index (χ0n) is 16.9. The van der Waals surface area contributed by atoms with Gasteiger partial charge in [-0.05, 0) is 41.5 Å². The van der Waals surface area contributed by atoms with E-state index >= 15 is 0 Å². The van der Waals surface area contributed by atoms with E-state index in [0.717, 1.165) is 13.8 Å². The molecule has 2 N–H and O–H groups in total. The zero-order valence-corrected chi connectivity index (χ0v) is 18.7. The third-order valence-electron chi connectivity index (χ3n) is 2.34. The van der Waals surface area contributed by atoms with Gasteiger partial charge in [-0.15, -0.1) is 0 Å². The molecule has 2 atom stereocenters. The number of hydrogen-bond acceptors (Lipinski definition) is 9. The molecule has 0 bridgehead atoms. The lowest BCUT2D eigenvalue weighted by atomic mass is 9.98. The third-order valence-corrected chi connectivity index (χ3v) is 3.82. The van der Waals surface area contributed by atoms with Crippen LogP contribution in [0.3, 0.4) is 0 Å². The predicted octanol–water partition coefficient (Wildman–Crippen LogP) is 2.66. The van der Waals surface area contributed by atoms with Gasteiger partial charge in [0, 0.05) is 13.8 Å². The van der Waals surface area contributed by atoms with E-state index in [-0.39, 0.29) is 0 Å². The van der Waals surface area contributed by atoms with Crippen LogP contribution in [0.25, 0.3) is 0 Å². The molecule has 0 radical (unpaired) electrons. The summed E-state index contributed by atoms with van der Waals surface area (Å²) in [5.41, 5.74) is -1.30. The van der Waals surface area contributed by atoms with Gasteiger partial charge in [0.2, 0.25) is 13.6 Å². The number of carbonyl (C=O) groups excluding carboxylic acids is 2. The summed E-state index contributed by atoms with van der Waals surface area (Å²) in [6.07, 6.45) is 0. The first kappa shape index (κ1) is 28.4. The van der Waals surface area contributed by atoms with Crippen LogP contribution in [0, 0.1) is 10.8 Å². The molecule has 0 amide bonds. The molecule has 2 unspecified atom stereocenters. The second kappa shape index (κ2) is 11.3. The molecule has 0 fully saturated rings. The van der Waals surface area contributed by atoms with Gasteiger partial charge in [-0.3, -0.25) is 23.2 Å². The van der Waals surface area contributed by atoms with Crippen molar-refractivity contribution in [3.63, 3.8) is 0 Å². The molecule has 13 heteroatoms. The van der Waals surface area contributed by atoms with E-state index in [1.807, 2.05) is 0 Å². The van der Waals surface area contributed by atoms with Crippen molar-refractivity contribution < 1.29 is 51.6 Å². The van der Waals surface area contributed by atoms with Crippen molar-refractivity contribution in [1.82, 2.24) is 0 Å². The molecule has 0 aromatic carbocycles. The Bertz CT molecular complexity index is 569. The van der Waals surface area contributed by atoms with E-state index < -0.39 is 51.8 Å². The van der Waals surface area contributed by atoms with Crippen molar-refractivity contribution >= 4 is 27.4 Å². The summed E-state index contributed by atoms with van der Waals surface area (Å²) in [5.74, 6) is -0.991. The quantitative estimate of drug-likeness (QED) is 0.344. The summed E-state index contributed by atoms with van der Waals surface area (Å²) in [4.78, 5) is 39.6. The van der Waals surface area contributed by atoms with Gasteiger partial charge in [0.05, 0.1) is 10.8 Å². The lowest BCUT2D eigenvalue weighted by molar-refractivity contribution is -0.161. The van der Waals surface area contributed by atoms with Crippen LogP contribution in [-0.2, 0) is 41.8 Å². The highest BCUT2D eigenvalue weighted by molar-refractivity contribution is 7.51. The molecule has 0 aliphatic carbocycles. The Balaban J connectivity index is 0. The van der Waals surface area contributed by atoms with Gasteiger partial charge in [-0.25, -0.2) is 9.09 Å². The monoisotopic (exact) mass is 436 g/mol. The molecule has 11 nitrogen and oxygen atoms in total. The van der Waals surface area contributed by atoms with E-state index in [0.29, 0.717) is 0 Å². The SMILES string of the molecule is CC(C)(C)C(=O)OCOP(C)(=O)O.COP(=O)(O)OCOC(=O)C(C)(C)C. The highest BCUT2D eigenvalue weighted by Gasteiger charge is 2.25. The van der Waals surface area contributed by atoms with Crippen molar-refractivity contribution in [2.45, 2.75) is 41.5 Å². The van der Waals surface area contributed by atoms with Gasteiger partial charge in [0.15, 0.2) is 0 Å². The molecule has 162 valence electrons. The fourth-order valence-electron chi connectivity index (χ4n) is 0.810. The molecule has 0 saturated carbocycles. The fourth-order valence-corrected chi connectivity index (χ4v) is 1.35. The smallest absolute Gasteiger partial charge is 0.438 e. The van der Waals surface area contributed by atoms with Gasteiger partial charge in [-0.1, -0.05) is 0 Å². The van der Waals surface area contributed by atoms with Gasteiger partial charge in [0.1, 0.15) is 0 Å². The Morgan fingerprint density at radius 1 is 0.815 bits per heavy atom. The lowest BCUT2D eigenvalue weighted by Gasteiger charge is -2.16. The average Bonchev–Trinajstić information content (AvgIpc) is 2.44. The lowest BCUT2D eigenvalue weighted by Crippen LogP contribution is -2.23. The molecule has 0 aromatic rings. The Morgan fingerprint density at radius 2 is 1.15 bits per heavy atom. The minimum absolute atomic E-state index is 0.471. The molecule has 0 aromatic heterocycles. The van der Waals surface area contributed by atoms with Crippen LogP contribution in [0.4, 0.5) is 0 Å². The second-order valence-corrected chi connectivity index (χ2v) is 10.7. The Kier molecular flexibility index (Phi) is 11.9. The van der Waals surface area contributed by atoms with Crippen molar-refractivity contribution in [1.29, 1.82) is 0 Å². The number of phosphoric acid groups is 1. The van der Waals surface area contributed by atoms with E-state index in [1.165, 1.54) is 0 Å². The van der Waals surface area contributed by atoms with E-state index in [4.69, 9.17) is 9.79 Å². The molecular formula is C14H30O11P2. The highest BCUT2D eigenvalue weighted by atomic mass is 31.2. The first-order valence-corrected chi connectivity index (χ1v) is 11.2. The molecule has 0 spiro atoms. The number of esters is 2. The third kappa shape index (κ3) is 17.1. The maximum Gasteiger partial charge on any atom is 0.474 e. The van der Waals surface area contributed by atoms with Crippen LogP contribution < -0.4 is 0 Å². The van der Waals surface area contributed by atoms with Crippen LogP contribution in [0.1, 0.15) is 41.5 Å². The topological polar surface area (TPSA) is 155 Å². The van der Waals surface area contributed by atoms with Crippen LogP contribution >= 0.6 is 15.4 Å². The van der Waals surface area contributed by atoms with Gasteiger partial charge in [-0.2, -0.15) is 0 Å². The predicted molar refractivity (Wildman–Crippen MR) is 95.6 cm³/mol. The van der Waals surface area contributed by atoms with Gasteiger partial charge in [0.25, 0.3) is 0 Å². The van der Waals surface area contributed by atoms with Gasteiger partial charge < -0.3 is 19.3 Å². The zero-order chi connectivity index (χ0) is 22.1. The van der Waals surface area contributed by atoms with Crippen molar-refractivity contribution in [2.24, 2.45) is 10.8 Å². The Labute approximate surface area is 159 Å². The number of carbonyl (C=O) groups is 2. The van der Waals surface area contributed by atoms with Crippen molar-refractivity contribution in [3.8, 4) is 0 Å². The van der Waals surface area contributed by atoms with Gasteiger partial charge >= 0.3 is 27.4 Å². The molecule has 0 saturated heterocycles. The number of phosphoric ester groups is 1. The molecule has 27 heavy (non-hydrogen) atoms. The Hall–Kier alpha value is -0.800. The standard InChI is InChI=1S/C7H15O6P.C7H15O5P/c1-7(2,3)6(8)12-5-13-14(9,10)11-4;1-7(2,3)6(8)11-5-12-13(4,9)10/h5H2,1-4H3,(H,9,10);5H2,1-4H3,(H,9,10). The highest BCUT2D eigenvalue weighted by Crippen LogP contribution is 2.41. The van der Waals surface area contributed by atoms with Crippen LogP contribution in [-0.4, -0.2) is 49.1 Å². The molecular weight excluding hydrogens is 406 g/mol. The maximum absolute atomic E-state index is 11.1. The average molecular weight is 436 g/mol. The second-order valence-electron chi connectivity index (χ2n) is 7.31. The summed E-state index contributed by atoms with van der Waals surface area (Å²) < 4.78 is 43.2. The molecule has 0 aliphatic rings. The van der Waals surface area contributed by atoms with Crippen LogP contribution in [0.15, 0.2) is 0 Å². The fraction of sp³-hybridized carbons (Fsp3) is 0.857. The summed E-state index contributed by atoms with van der Waals surface area (Å²) in [6, 6.07) is 0. The Morgan fingerprint density at radius 3 is 1.41 bits per heavy atom. The van der Waals surface area contributed by atoms with Crippen LogP contribution in [0.5, 0.6) is 0 Å². The number of ether oxygens (including phenoxy) is 2.